The van der Waals surface area contributed by atoms with Crippen molar-refractivity contribution in [3.05, 3.63) is 77.9 Å². The molecule has 7 nitrogen and oxygen atoms in total. The minimum Gasteiger partial charge on any atom is -0.406 e. The van der Waals surface area contributed by atoms with E-state index in [0.717, 1.165) is 37.6 Å². The van der Waals surface area contributed by atoms with E-state index in [1.807, 2.05) is 0 Å². The van der Waals surface area contributed by atoms with Gasteiger partial charge in [0.15, 0.2) is 9.84 Å². The summed E-state index contributed by atoms with van der Waals surface area (Å²) < 4.78 is 98.3. The van der Waals surface area contributed by atoms with E-state index < -0.39 is 38.5 Å². The Morgan fingerprint density at radius 1 is 1.02 bits per heavy atom. The van der Waals surface area contributed by atoms with Gasteiger partial charge in [-0.1, -0.05) is 12.1 Å². The van der Waals surface area contributed by atoms with E-state index in [2.05, 4.69) is 24.9 Å². The third-order valence-corrected chi connectivity index (χ3v) is 9.33. The summed E-state index contributed by atoms with van der Waals surface area (Å²) in [4.78, 5) is 9.09. The van der Waals surface area contributed by atoms with Crippen LogP contribution in [-0.4, -0.2) is 54.8 Å². The van der Waals surface area contributed by atoms with Crippen LogP contribution in [0.1, 0.15) is 49.3 Å². The van der Waals surface area contributed by atoms with Crippen molar-refractivity contribution in [2.45, 2.75) is 67.1 Å². The second-order valence-corrected chi connectivity index (χ2v) is 12.4. The van der Waals surface area contributed by atoms with Gasteiger partial charge in [0.05, 0.1) is 17.1 Å². The highest BCUT2D eigenvalue weighted by Crippen LogP contribution is 2.39. The van der Waals surface area contributed by atoms with Gasteiger partial charge in [0.25, 0.3) is 0 Å². The number of sulfone groups is 1. The Bertz CT molecular complexity index is 1470. The second kappa shape index (κ2) is 11.9. The molecule has 1 aliphatic heterocycles. The highest BCUT2D eigenvalue weighted by Gasteiger charge is 2.37. The first kappa shape index (κ1) is 29.2. The molecule has 2 heterocycles. The van der Waals surface area contributed by atoms with Crippen molar-refractivity contribution in [2.24, 2.45) is 0 Å². The molecule has 1 aromatic heterocycles. The SMILES string of the molecule is O=S(=O)(Cc1ccncn1)c1cc(F)c(N[C@H]2CC[C@H](c3cccc(OC(F)(F)F)c3)C[C@@H]2N2CCCC2)cc1F. The largest absolute Gasteiger partial charge is 0.573 e. The quantitative estimate of drug-likeness (QED) is 0.327. The number of nitrogens with zero attached hydrogens (tertiary/aromatic N) is 3. The fourth-order valence-corrected chi connectivity index (χ4v) is 7.17. The first-order valence-electron chi connectivity index (χ1n) is 13.3. The topological polar surface area (TPSA) is 84.4 Å². The van der Waals surface area contributed by atoms with Gasteiger partial charge in [0.1, 0.15) is 28.6 Å². The number of hydrogen-bond acceptors (Lipinski definition) is 7. The van der Waals surface area contributed by atoms with E-state index >= 15 is 8.78 Å². The molecule has 2 fully saturated rings. The summed E-state index contributed by atoms with van der Waals surface area (Å²) >= 11 is 0. The van der Waals surface area contributed by atoms with E-state index in [4.69, 9.17) is 0 Å². The summed E-state index contributed by atoms with van der Waals surface area (Å²) in [6, 6.07) is 8.55. The number of ether oxygens (including phenoxy) is 1. The van der Waals surface area contributed by atoms with E-state index in [1.54, 1.807) is 6.07 Å². The van der Waals surface area contributed by atoms with Crippen LogP contribution in [0.2, 0.25) is 0 Å². The summed E-state index contributed by atoms with van der Waals surface area (Å²) in [5.74, 6) is -2.90. The van der Waals surface area contributed by atoms with Crippen LogP contribution in [0.4, 0.5) is 27.6 Å². The van der Waals surface area contributed by atoms with Gasteiger partial charge in [0.2, 0.25) is 0 Å². The van der Waals surface area contributed by atoms with Crippen molar-refractivity contribution in [2.75, 3.05) is 18.4 Å². The molecule has 0 radical (unpaired) electrons. The Hall–Kier alpha value is -3.32. The molecule has 1 saturated heterocycles. The Morgan fingerprint density at radius 2 is 1.80 bits per heavy atom. The van der Waals surface area contributed by atoms with Gasteiger partial charge in [-0.15, -0.1) is 13.2 Å². The number of aromatic nitrogens is 2. The molecule has 0 bridgehead atoms. The van der Waals surface area contributed by atoms with Crippen LogP contribution < -0.4 is 10.1 Å². The van der Waals surface area contributed by atoms with Gasteiger partial charge in [-0.05, 0) is 80.9 Å². The van der Waals surface area contributed by atoms with Crippen molar-refractivity contribution in [3.63, 3.8) is 0 Å². The maximum atomic E-state index is 15.2. The predicted octanol–water partition coefficient (Wildman–Crippen LogP) is 5.84. The number of nitrogens with one attached hydrogen (secondary N) is 1. The van der Waals surface area contributed by atoms with E-state index in [9.17, 15) is 21.6 Å². The van der Waals surface area contributed by atoms with Crippen molar-refractivity contribution >= 4 is 15.5 Å². The Balaban J connectivity index is 1.35. The smallest absolute Gasteiger partial charge is 0.406 e. The lowest BCUT2D eigenvalue weighted by Gasteiger charge is -2.42. The van der Waals surface area contributed by atoms with E-state index in [1.165, 1.54) is 36.8 Å². The molecule has 3 atom stereocenters. The summed E-state index contributed by atoms with van der Waals surface area (Å²) in [5.41, 5.74) is 0.740. The molecule has 0 amide bonds. The zero-order valence-corrected chi connectivity index (χ0v) is 22.8. The van der Waals surface area contributed by atoms with Crippen molar-refractivity contribution < 1.29 is 35.1 Å². The van der Waals surface area contributed by atoms with Crippen molar-refractivity contribution in [1.29, 1.82) is 0 Å². The number of likely N-dealkylation sites (tertiary alicyclic amines) is 1. The van der Waals surface area contributed by atoms with Gasteiger partial charge in [0, 0.05) is 24.3 Å². The van der Waals surface area contributed by atoms with Crippen LogP contribution in [0, 0.1) is 11.6 Å². The number of alkyl halides is 3. The summed E-state index contributed by atoms with van der Waals surface area (Å²) in [6.45, 7) is 1.65. The highest BCUT2D eigenvalue weighted by molar-refractivity contribution is 7.90. The maximum absolute atomic E-state index is 15.2. The molecule has 2 aliphatic rings. The minimum absolute atomic E-state index is 0.0497. The molecule has 13 heteroatoms. The summed E-state index contributed by atoms with van der Waals surface area (Å²) in [5, 5.41) is 3.11. The lowest BCUT2D eigenvalue weighted by molar-refractivity contribution is -0.274. The average Bonchev–Trinajstić information content (AvgIpc) is 3.45. The fourth-order valence-electron chi connectivity index (χ4n) is 5.81. The summed E-state index contributed by atoms with van der Waals surface area (Å²) in [7, 11) is -4.22. The van der Waals surface area contributed by atoms with Gasteiger partial charge >= 0.3 is 6.36 Å². The lowest BCUT2D eigenvalue weighted by Crippen LogP contribution is -2.49. The molecule has 3 aromatic rings. The van der Waals surface area contributed by atoms with E-state index in [-0.39, 0.29) is 35.1 Å². The third-order valence-electron chi connectivity index (χ3n) is 7.67. The normalized spacial score (nSPS) is 22.0. The number of hydrogen-bond donors (Lipinski definition) is 1. The maximum Gasteiger partial charge on any atom is 0.573 e. The molecule has 2 aromatic carbocycles. The number of benzene rings is 2. The standard InChI is InChI=1S/C28H29F5N4O3S/c29-22-15-27(41(38,39)16-20-8-9-34-17-35-20)23(30)14-25(22)36-24-7-6-19(13-26(24)37-10-1-2-11-37)18-4-3-5-21(12-18)40-28(31,32)33/h3-5,8-9,12,14-15,17,19,24,26,36H,1-2,6-7,10-11,13,16H2/t19-,24-,26-/m0/s1. The molecule has 5 rings (SSSR count). The molecule has 1 saturated carbocycles. The third kappa shape index (κ3) is 7.13. The van der Waals surface area contributed by atoms with E-state index in [0.29, 0.717) is 25.3 Å². The molecule has 0 spiro atoms. The monoisotopic (exact) mass is 596 g/mol. The first-order valence-corrected chi connectivity index (χ1v) is 15.0. The second-order valence-electron chi connectivity index (χ2n) is 10.4. The molecule has 0 unspecified atom stereocenters. The van der Waals surface area contributed by atoms with Crippen molar-refractivity contribution in [1.82, 2.24) is 14.9 Å². The molecule has 220 valence electrons. The number of rotatable bonds is 8. The number of anilines is 1. The van der Waals surface area contributed by atoms with Crippen molar-refractivity contribution in [3.8, 4) is 5.75 Å². The minimum atomic E-state index is -4.79. The zero-order chi connectivity index (χ0) is 29.2. The molecular formula is C28H29F5N4O3S. The molecule has 41 heavy (non-hydrogen) atoms. The molecule has 1 N–H and O–H groups in total. The summed E-state index contributed by atoms with van der Waals surface area (Å²) in [6.07, 6.45) is 1.48. The first-order chi connectivity index (χ1) is 19.5. The highest BCUT2D eigenvalue weighted by atomic mass is 32.2. The van der Waals surface area contributed by atoms with Gasteiger partial charge in [-0.25, -0.2) is 27.2 Å². The van der Waals surface area contributed by atoms with Crippen LogP contribution in [0.3, 0.4) is 0 Å². The Morgan fingerprint density at radius 3 is 2.51 bits per heavy atom. The van der Waals surface area contributed by atoms with Crippen LogP contribution >= 0.6 is 0 Å². The van der Waals surface area contributed by atoms with Gasteiger partial charge in [-0.3, -0.25) is 4.90 Å². The van der Waals surface area contributed by atoms with Gasteiger partial charge in [-0.2, -0.15) is 0 Å². The lowest BCUT2D eigenvalue weighted by atomic mass is 9.78. The van der Waals surface area contributed by atoms with Crippen LogP contribution in [0.15, 0.2) is 59.9 Å². The molecular weight excluding hydrogens is 567 g/mol. The number of halogens is 5. The Labute approximate surface area is 234 Å². The molecule has 1 aliphatic carbocycles. The zero-order valence-electron chi connectivity index (χ0n) is 21.9. The van der Waals surface area contributed by atoms with Crippen LogP contribution in [0.5, 0.6) is 5.75 Å². The van der Waals surface area contributed by atoms with Crippen LogP contribution in [0.25, 0.3) is 0 Å². The van der Waals surface area contributed by atoms with Crippen LogP contribution in [-0.2, 0) is 15.6 Å². The Kier molecular flexibility index (Phi) is 8.46. The fraction of sp³-hybridized carbons (Fsp3) is 0.429. The van der Waals surface area contributed by atoms with Gasteiger partial charge < -0.3 is 10.1 Å². The predicted molar refractivity (Wildman–Crippen MR) is 141 cm³/mol. The average molecular weight is 597 g/mol.